The molecule has 0 bridgehead atoms. The van der Waals surface area contributed by atoms with Gasteiger partial charge in [0.25, 0.3) is 0 Å². The summed E-state index contributed by atoms with van der Waals surface area (Å²) in [5.74, 6) is -0.365. The number of nitrogens with zero attached hydrogens (tertiary/aromatic N) is 3. The van der Waals surface area contributed by atoms with Crippen LogP contribution in [-0.4, -0.2) is 32.5 Å². The zero-order chi connectivity index (χ0) is 19.2. The predicted molar refractivity (Wildman–Crippen MR) is 105 cm³/mol. The molecule has 0 unspecified atom stereocenters. The van der Waals surface area contributed by atoms with Gasteiger partial charge in [0, 0.05) is 11.4 Å². The molecule has 138 valence electrons. The molecule has 27 heavy (non-hydrogen) atoms. The number of carbonyl (C=O) groups is 2. The zero-order valence-corrected chi connectivity index (χ0v) is 15.8. The van der Waals surface area contributed by atoms with Crippen LogP contribution in [0.1, 0.15) is 11.1 Å². The molecule has 2 aromatic carbocycles. The summed E-state index contributed by atoms with van der Waals surface area (Å²) in [6.07, 6.45) is 1.59. The normalized spacial score (nSPS) is 10.4. The van der Waals surface area contributed by atoms with E-state index in [1.807, 2.05) is 62.4 Å². The Hall–Kier alpha value is -3.13. The number of aryl methyl sites for hydroxylation is 2. The zero-order valence-electron chi connectivity index (χ0n) is 15.0. The number of nitrogens with one attached hydrogen (secondary N) is 2. The summed E-state index contributed by atoms with van der Waals surface area (Å²) in [7, 11) is 0. The van der Waals surface area contributed by atoms with E-state index in [2.05, 4.69) is 20.8 Å². The fourth-order valence-electron chi connectivity index (χ4n) is 2.49. The van der Waals surface area contributed by atoms with Gasteiger partial charge in [0.15, 0.2) is 5.16 Å². The van der Waals surface area contributed by atoms with Crippen LogP contribution in [0.5, 0.6) is 0 Å². The van der Waals surface area contributed by atoms with Gasteiger partial charge in [-0.3, -0.25) is 14.7 Å². The van der Waals surface area contributed by atoms with Gasteiger partial charge in [-0.1, -0.05) is 47.7 Å². The third kappa shape index (κ3) is 4.95. The highest BCUT2D eigenvalue weighted by Crippen LogP contribution is 2.19. The smallest absolute Gasteiger partial charge is 0.307 e. The fraction of sp³-hybridized carbons (Fsp3) is 0.158. The molecule has 0 saturated heterocycles. The number of aromatic nitrogens is 3. The monoisotopic (exact) mass is 381 g/mol. The number of hydrogen-bond acceptors (Lipinski definition) is 5. The lowest BCUT2D eigenvalue weighted by molar-refractivity contribution is -0.117. The average Bonchev–Trinajstić information content (AvgIpc) is 3.12. The van der Waals surface area contributed by atoms with Crippen molar-refractivity contribution in [2.24, 2.45) is 0 Å². The molecule has 7 nitrogen and oxygen atoms in total. The summed E-state index contributed by atoms with van der Waals surface area (Å²) in [5.41, 5.74) is 3.61. The number of benzene rings is 2. The fourth-order valence-corrected chi connectivity index (χ4v) is 3.22. The van der Waals surface area contributed by atoms with E-state index >= 15 is 0 Å². The van der Waals surface area contributed by atoms with E-state index in [9.17, 15) is 9.59 Å². The van der Waals surface area contributed by atoms with Crippen LogP contribution in [0.15, 0.2) is 60.0 Å². The molecule has 2 N–H and O–H groups in total. The first-order chi connectivity index (χ1) is 13.0. The Balaban J connectivity index is 1.54. The van der Waals surface area contributed by atoms with Gasteiger partial charge in [-0.2, -0.15) is 0 Å². The molecular formula is C19H19N5O2S. The Bertz CT molecular complexity index is 956. The molecule has 3 aromatic rings. The van der Waals surface area contributed by atoms with Crippen molar-refractivity contribution in [1.29, 1.82) is 0 Å². The Kier molecular flexibility index (Phi) is 5.87. The summed E-state index contributed by atoms with van der Waals surface area (Å²) in [4.78, 5) is 24.1. The number of amides is 3. The molecule has 1 heterocycles. The number of carbonyl (C=O) groups excluding carboxylic acids is 2. The molecule has 0 aliphatic rings. The number of hydrogen-bond donors (Lipinski definition) is 2. The molecule has 0 radical (unpaired) electrons. The van der Waals surface area contributed by atoms with E-state index in [1.165, 1.54) is 11.8 Å². The van der Waals surface area contributed by atoms with Crippen LogP contribution in [0.2, 0.25) is 0 Å². The first kappa shape index (κ1) is 18.7. The van der Waals surface area contributed by atoms with E-state index in [0.717, 1.165) is 16.8 Å². The molecule has 1 aromatic heterocycles. The van der Waals surface area contributed by atoms with Gasteiger partial charge in [0.2, 0.25) is 5.91 Å². The van der Waals surface area contributed by atoms with Crippen LogP contribution in [0.25, 0.3) is 5.69 Å². The molecule has 0 fully saturated rings. The standard InChI is InChI=1S/C19H19N5O2S/c1-13-8-9-16(14(2)10-13)21-18(26)22-17(25)11-27-19-23-20-12-24(19)15-6-4-3-5-7-15/h3-10,12H,11H2,1-2H3,(H2,21,22,25,26). The molecule has 0 atom stereocenters. The van der Waals surface area contributed by atoms with E-state index in [4.69, 9.17) is 0 Å². The molecule has 3 rings (SSSR count). The molecule has 0 aliphatic heterocycles. The number of anilines is 1. The van der Waals surface area contributed by atoms with Crippen molar-refractivity contribution in [3.05, 3.63) is 66.0 Å². The van der Waals surface area contributed by atoms with Gasteiger partial charge in [-0.05, 0) is 37.6 Å². The molecule has 0 saturated carbocycles. The lowest BCUT2D eigenvalue weighted by Crippen LogP contribution is -2.35. The second kappa shape index (κ2) is 8.50. The van der Waals surface area contributed by atoms with Gasteiger partial charge in [-0.25, -0.2) is 4.79 Å². The summed E-state index contributed by atoms with van der Waals surface area (Å²) >= 11 is 1.21. The first-order valence-electron chi connectivity index (χ1n) is 8.29. The van der Waals surface area contributed by atoms with Crippen molar-refractivity contribution in [3.8, 4) is 5.69 Å². The minimum absolute atomic E-state index is 0.0474. The second-order valence-electron chi connectivity index (χ2n) is 5.93. The van der Waals surface area contributed by atoms with Crippen LogP contribution in [0.4, 0.5) is 10.5 Å². The highest BCUT2D eigenvalue weighted by Gasteiger charge is 2.13. The van der Waals surface area contributed by atoms with Crippen LogP contribution in [0, 0.1) is 13.8 Å². The van der Waals surface area contributed by atoms with Crippen LogP contribution in [-0.2, 0) is 4.79 Å². The molecular weight excluding hydrogens is 362 g/mol. The largest absolute Gasteiger partial charge is 0.325 e. The maximum absolute atomic E-state index is 12.1. The van der Waals surface area contributed by atoms with Crippen molar-refractivity contribution in [2.75, 3.05) is 11.1 Å². The quantitative estimate of drug-likeness (QED) is 0.662. The van der Waals surface area contributed by atoms with Crippen LogP contribution < -0.4 is 10.6 Å². The van der Waals surface area contributed by atoms with E-state index < -0.39 is 11.9 Å². The Labute approximate surface area is 161 Å². The number of imide groups is 1. The molecule has 3 amide bonds. The Morgan fingerprint density at radius 1 is 1.11 bits per heavy atom. The average molecular weight is 381 g/mol. The molecule has 0 spiro atoms. The highest BCUT2D eigenvalue weighted by atomic mass is 32.2. The minimum atomic E-state index is -0.558. The van der Waals surface area contributed by atoms with Crippen LogP contribution in [0.3, 0.4) is 0 Å². The second-order valence-corrected chi connectivity index (χ2v) is 6.87. The first-order valence-corrected chi connectivity index (χ1v) is 9.28. The lowest BCUT2D eigenvalue weighted by atomic mass is 10.1. The summed E-state index contributed by atoms with van der Waals surface area (Å²) in [6, 6.07) is 14.7. The van der Waals surface area contributed by atoms with E-state index in [-0.39, 0.29) is 5.75 Å². The topological polar surface area (TPSA) is 88.9 Å². The summed E-state index contributed by atoms with van der Waals surface area (Å²) in [6.45, 7) is 3.88. The van der Waals surface area contributed by atoms with Crippen molar-refractivity contribution in [3.63, 3.8) is 0 Å². The van der Waals surface area contributed by atoms with Crippen molar-refractivity contribution >= 4 is 29.4 Å². The maximum atomic E-state index is 12.1. The Morgan fingerprint density at radius 2 is 1.89 bits per heavy atom. The van der Waals surface area contributed by atoms with Gasteiger partial charge < -0.3 is 5.32 Å². The lowest BCUT2D eigenvalue weighted by Gasteiger charge is -2.10. The van der Waals surface area contributed by atoms with Crippen molar-refractivity contribution < 1.29 is 9.59 Å². The summed E-state index contributed by atoms with van der Waals surface area (Å²) < 4.78 is 1.79. The van der Waals surface area contributed by atoms with E-state index in [0.29, 0.717) is 10.8 Å². The maximum Gasteiger partial charge on any atom is 0.325 e. The third-order valence-corrected chi connectivity index (χ3v) is 4.71. The van der Waals surface area contributed by atoms with E-state index in [1.54, 1.807) is 10.9 Å². The Morgan fingerprint density at radius 3 is 2.63 bits per heavy atom. The minimum Gasteiger partial charge on any atom is -0.307 e. The van der Waals surface area contributed by atoms with Gasteiger partial charge >= 0.3 is 6.03 Å². The third-order valence-electron chi connectivity index (χ3n) is 3.77. The number of rotatable bonds is 5. The molecule has 8 heteroatoms. The van der Waals surface area contributed by atoms with Gasteiger partial charge in [0.05, 0.1) is 5.75 Å². The SMILES string of the molecule is Cc1ccc(NC(=O)NC(=O)CSc2nncn2-c2ccccc2)c(C)c1. The number of para-hydroxylation sites is 1. The summed E-state index contributed by atoms with van der Waals surface area (Å²) in [5, 5.41) is 13.5. The number of thioether (sulfide) groups is 1. The number of urea groups is 1. The van der Waals surface area contributed by atoms with Crippen molar-refractivity contribution in [2.45, 2.75) is 19.0 Å². The predicted octanol–water partition coefficient (Wildman–Crippen LogP) is 3.32. The molecule has 0 aliphatic carbocycles. The van der Waals surface area contributed by atoms with Crippen molar-refractivity contribution in [1.82, 2.24) is 20.1 Å². The van der Waals surface area contributed by atoms with Gasteiger partial charge in [0.1, 0.15) is 6.33 Å². The highest BCUT2D eigenvalue weighted by molar-refractivity contribution is 7.99. The van der Waals surface area contributed by atoms with Crippen LogP contribution >= 0.6 is 11.8 Å². The van der Waals surface area contributed by atoms with Gasteiger partial charge in [-0.15, -0.1) is 10.2 Å².